The minimum absolute atomic E-state index is 0.0664. The average Bonchev–Trinajstić information content (AvgIpc) is 3.03. The Morgan fingerprint density at radius 1 is 1.21 bits per heavy atom. The molecule has 2 heterocycles. The summed E-state index contributed by atoms with van der Waals surface area (Å²) in [6.07, 6.45) is 6.77. The third kappa shape index (κ3) is 3.32. The van der Waals surface area contributed by atoms with Gasteiger partial charge in [-0.15, -0.1) is 0 Å². The zero-order valence-corrected chi connectivity index (χ0v) is 14.0. The van der Waals surface area contributed by atoms with Gasteiger partial charge < -0.3 is 9.15 Å². The van der Waals surface area contributed by atoms with E-state index < -0.39 is 0 Å². The zero-order chi connectivity index (χ0) is 16.9. The molecule has 1 aromatic carbocycles. The molecule has 0 atom stereocenters. The molecule has 2 aromatic heterocycles. The highest BCUT2D eigenvalue weighted by Gasteiger charge is 2.17. The van der Waals surface area contributed by atoms with Crippen molar-refractivity contribution in [1.82, 2.24) is 4.98 Å². The van der Waals surface area contributed by atoms with E-state index in [-0.39, 0.29) is 5.78 Å². The van der Waals surface area contributed by atoms with Gasteiger partial charge in [-0.2, -0.15) is 0 Å². The number of hydrogen-bond donors (Lipinski definition) is 0. The summed E-state index contributed by atoms with van der Waals surface area (Å²) in [4.78, 5) is 16.7. The summed E-state index contributed by atoms with van der Waals surface area (Å²) >= 11 is 0. The number of carbonyl (C=O) groups excluding carboxylic acids is 1. The van der Waals surface area contributed by atoms with Crippen LogP contribution < -0.4 is 4.74 Å². The Morgan fingerprint density at radius 2 is 2.00 bits per heavy atom. The lowest BCUT2D eigenvalue weighted by Gasteiger charge is -2.05. The number of aromatic nitrogens is 1. The number of carbonyl (C=O) groups is 1. The van der Waals surface area contributed by atoms with Crippen molar-refractivity contribution in [3.05, 3.63) is 59.6 Å². The second-order valence-corrected chi connectivity index (χ2v) is 5.83. The minimum atomic E-state index is 0.0664. The van der Waals surface area contributed by atoms with E-state index in [1.54, 1.807) is 25.6 Å². The number of nitrogens with zero attached hydrogens (tertiary/aromatic N) is 1. The molecule has 0 unspecified atom stereocenters. The van der Waals surface area contributed by atoms with Crippen LogP contribution in [0.3, 0.4) is 0 Å². The van der Waals surface area contributed by atoms with Gasteiger partial charge in [0.15, 0.2) is 17.1 Å². The number of ether oxygens (including phenoxy) is 1. The fourth-order valence-electron chi connectivity index (χ4n) is 2.81. The summed E-state index contributed by atoms with van der Waals surface area (Å²) < 4.78 is 11.3. The maximum absolute atomic E-state index is 12.7. The van der Waals surface area contributed by atoms with Crippen molar-refractivity contribution in [2.24, 2.45) is 0 Å². The second kappa shape index (κ2) is 7.30. The first kappa shape index (κ1) is 16.2. The van der Waals surface area contributed by atoms with Crippen molar-refractivity contribution in [2.75, 3.05) is 7.11 Å². The number of hydrogen-bond acceptors (Lipinski definition) is 4. The smallest absolute Gasteiger partial charge is 0.176 e. The summed E-state index contributed by atoms with van der Waals surface area (Å²) in [5.74, 6) is 1.62. The van der Waals surface area contributed by atoms with E-state index in [9.17, 15) is 4.79 Å². The molecule has 0 saturated heterocycles. The van der Waals surface area contributed by atoms with E-state index in [2.05, 4.69) is 11.9 Å². The summed E-state index contributed by atoms with van der Waals surface area (Å²) in [5, 5.41) is 0.833. The van der Waals surface area contributed by atoms with Gasteiger partial charge in [0.2, 0.25) is 0 Å². The fraction of sp³-hybridized carbons (Fsp3) is 0.300. The Hall–Kier alpha value is -2.62. The normalized spacial score (nSPS) is 10.9. The summed E-state index contributed by atoms with van der Waals surface area (Å²) in [7, 11) is 1.61. The SMILES string of the molecule is CCCCc1cc2c(C(=O)Cc3ccncc3)ccc(OC)c2o1. The molecule has 3 aromatic rings. The molecule has 0 spiro atoms. The molecule has 0 N–H and O–H groups in total. The number of ketones is 1. The van der Waals surface area contributed by atoms with E-state index in [0.717, 1.165) is 36.0 Å². The third-order valence-electron chi connectivity index (χ3n) is 4.11. The van der Waals surface area contributed by atoms with Crippen LogP contribution in [0, 0.1) is 0 Å². The molecule has 0 amide bonds. The minimum Gasteiger partial charge on any atom is -0.493 e. The lowest BCUT2D eigenvalue weighted by molar-refractivity contribution is 0.0994. The van der Waals surface area contributed by atoms with Gasteiger partial charge in [0.25, 0.3) is 0 Å². The summed E-state index contributed by atoms with van der Waals surface area (Å²) in [6, 6.07) is 9.33. The average molecular weight is 323 g/mol. The molecule has 24 heavy (non-hydrogen) atoms. The Bertz CT molecular complexity index is 837. The quantitative estimate of drug-likeness (QED) is 0.596. The van der Waals surface area contributed by atoms with E-state index in [1.807, 2.05) is 24.3 Å². The van der Waals surface area contributed by atoms with E-state index in [0.29, 0.717) is 23.3 Å². The Kier molecular flexibility index (Phi) is 4.94. The van der Waals surface area contributed by atoms with Crippen molar-refractivity contribution in [3.63, 3.8) is 0 Å². The number of pyridine rings is 1. The highest BCUT2D eigenvalue weighted by Crippen LogP contribution is 2.32. The predicted molar refractivity (Wildman–Crippen MR) is 93.6 cm³/mol. The molecular formula is C20H21NO3. The van der Waals surface area contributed by atoms with E-state index in [1.165, 1.54) is 0 Å². The monoisotopic (exact) mass is 323 g/mol. The number of unbranched alkanes of at least 4 members (excludes halogenated alkanes) is 1. The van der Waals surface area contributed by atoms with Gasteiger partial charge in [0, 0.05) is 36.2 Å². The molecule has 3 rings (SSSR count). The number of Topliss-reactive ketones (excluding diaryl/α,β-unsaturated/α-hetero) is 1. The number of rotatable bonds is 7. The molecule has 0 saturated carbocycles. The first-order chi connectivity index (χ1) is 11.7. The molecule has 0 bridgehead atoms. The van der Waals surface area contributed by atoms with Crippen LogP contribution in [0.4, 0.5) is 0 Å². The van der Waals surface area contributed by atoms with Crippen LogP contribution in [-0.4, -0.2) is 17.9 Å². The van der Waals surface area contributed by atoms with Gasteiger partial charge in [0.05, 0.1) is 7.11 Å². The van der Waals surface area contributed by atoms with E-state index in [4.69, 9.17) is 9.15 Å². The van der Waals surface area contributed by atoms with Gasteiger partial charge in [-0.05, 0) is 42.3 Å². The van der Waals surface area contributed by atoms with Crippen molar-refractivity contribution >= 4 is 16.8 Å². The van der Waals surface area contributed by atoms with Crippen LogP contribution >= 0.6 is 0 Å². The van der Waals surface area contributed by atoms with Crippen LogP contribution in [0.1, 0.15) is 41.4 Å². The molecule has 4 nitrogen and oxygen atoms in total. The van der Waals surface area contributed by atoms with Crippen LogP contribution in [0.15, 0.2) is 47.1 Å². The number of benzene rings is 1. The lowest BCUT2D eigenvalue weighted by atomic mass is 10.00. The fourth-order valence-corrected chi connectivity index (χ4v) is 2.81. The third-order valence-corrected chi connectivity index (χ3v) is 4.11. The predicted octanol–water partition coefficient (Wildman–Crippen LogP) is 4.60. The van der Waals surface area contributed by atoms with Gasteiger partial charge in [0.1, 0.15) is 5.76 Å². The van der Waals surface area contributed by atoms with Gasteiger partial charge >= 0.3 is 0 Å². The number of aryl methyl sites for hydroxylation is 1. The molecule has 124 valence electrons. The van der Waals surface area contributed by atoms with Crippen molar-refractivity contribution in [2.45, 2.75) is 32.6 Å². The van der Waals surface area contributed by atoms with Crippen molar-refractivity contribution in [3.8, 4) is 5.75 Å². The molecule has 4 heteroatoms. The standard InChI is InChI=1S/C20H21NO3/c1-3-4-5-15-13-17-16(6-7-19(23-2)20(17)24-15)18(22)12-14-8-10-21-11-9-14/h6-11,13H,3-5,12H2,1-2H3. The maximum atomic E-state index is 12.7. The molecule has 0 fully saturated rings. The van der Waals surface area contributed by atoms with Crippen LogP contribution in [0.5, 0.6) is 5.75 Å². The van der Waals surface area contributed by atoms with Crippen LogP contribution in [0.2, 0.25) is 0 Å². The second-order valence-electron chi connectivity index (χ2n) is 5.83. The van der Waals surface area contributed by atoms with Gasteiger partial charge in [-0.3, -0.25) is 9.78 Å². The van der Waals surface area contributed by atoms with Crippen LogP contribution in [-0.2, 0) is 12.8 Å². The highest BCUT2D eigenvalue weighted by molar-refractivity contribution is 6.09. The first-order valence-electron chi connectivity index (χ1n) is 8.24. The molecule has 0 aliphatic rings. The summed E-state index contributed by atoms with van der Waals surface area (Å²) in [6.45, 7) is 2.15. The Morgan fingerprint density at radius 3 is 2.71 bits per heavy atom. The van der Waals surface area contributed by atoms with Gasteiger partial charge in [-0.25, -0.2) is 0 Å². The topological polar surface area (TPSA) is 52.3 Å². The maximum Gasteiger partial charge on any atom is 0.176 e. The first-order valence-corrected chi connectivity index (χ1v) is 8.24. The van der Waals surface area contributed by atoms with Crippen LogP contribution in [0.25, 0.3) is 11.0 Å². The number of furan rings is 1. The largest absolute Gasteiger partial charge is 0.493 e. The lowest BCUT2D eigenvalue weighted by Crippen LogP contribution is -2.04. The number of methoxy groups -OCH3 is 1. The Balaban J connectivity index is 1.97. The molecule has 0 radical (unpaired) electrons. The van der Waals surface area contributed by atoms with Gasteiger partial charge in [-0.1, -0.05) is 13.3 Å². The molecule has 0 aliphatic heterocycles. The number of fused-ring (bicyclic) bond motifs is 1. The zero-order valence-electron chi connectivity index (χ0n) is 14.0. The highest BCUT2D eigenvalue weighted by atomic mass is 16.5. The molecular weight excluding hydrogens is 302 g/mol. The van der Waals surface area contributed by atoms with E-state index >= 15 is 0 Å². The summed E-state index contributed by atoms with van der Waals surface area (Å²) in [5.41, 5.74) is 2.28. The Labute approximate surface area is 141 Å². The van der Waals surface area contributed by atoms with Crippen molar-refractivity contribution in [1.29, 1.82) is 0 Å². The molecule has 0 aliphatic carbocycles. The van der Waals surface area contributed by atoms with Crippen molar-refractivity contribution < 1.29 is 13.9 Å².